The molecule has 114 valence electrons. The molecule has 3 aromatic rings. The zero-order valence-corrected chi connectivity index (χ0v) is 13.3. The van der Waals surface area contributed by atoms with Gasteiger partial charge in [-0.3, -0.25) is 9.48 Å². The smallest absolute Gasteiger partial charge is 0.246 e. The summed E-state index contributed by atoms with van der Waals surface area (Å²) in [5.41, 5.74) is 5.08. The normalized spacial score (nSPS) is 11.1. The van der Waals surface area contributed by atoms with Gasteiger partial charge in [-0.05, 0) is 51.1 Å². The second-order valence-electron chi connectivity index (χ2n) is 5.75. The van der Waals surface area contributed by atoms with Crippen molar-refractivity contribution in [1.29, 1.82) is 0 Å². The van der Waals surface area contributed by atoms with E-state index in [9.17, 15) is 4.79 Å². The van der Waals surface area contributed by atoms with Crippen LogP contribution in [-0.4, -0.2) is 20.3 Å². The Morgan fingerprint density at radius 3 is 2.59 bits per heavy atom. The number of hydrogen-bond acceptors (Lipinski definition) is 2. The van der Waals surface area contributed by atoms with Gasteiger partial charge in [0.05, 0.1) is 5.69 Å². The van der Waals surface area contributed by atoms with Crippen LogP contribution in [0.2, 0.25) is 0 Å². The topological polar surface area (TPSA) is 51.9 Å². The molecule has 0 radical (unpaired) electrons. The maximum atomic E-state index is 12.2. The van der Waals surface area contributed by atoms with Gasteiger partial charge in [-0.1, -0.05) is 0 Å². The maximum Gasteiger partial charge on any atom is 0.246 e. The van der Waals surface area contributed by atoms with E-state index in [0.29, 0.717) is 0 Å². The number of aryl methyl sites for hydroxylation is 4. The molecule has 1 amide bonds. The average molecular weight is 296 g/mol. The molecule has 5 heteroatoms. The van der Waals surface area contributed by atoms with Crippen LogP contribution in [0.15, 0.2) is 30.3 Å². The molecule has 0 atom stereocenters. The third-order valence-electron chi connectivity index (χ3n) is 3.96. The molecule has 0 aliphatic rings. The summed E-state index contributed by atoms with van der Waals surface area (Å²) in [6.07, 6.45) is 0. The van der Waals surface area contributed by atoms with Crippen molar-refractivity contribution >= 4 is 22.5 Å². The highest BCUT2D eigenvalue weighted by Gasteiger charge is 2.09. The molecule has 0 spiro atoms. The van der Waals surface area contributed by atoms with E-state index >= 15 is 0 Å². The number of aromatic nitrogens is 3. The lowest BCUT2D eigenvalue weighted by molar-refractivity contribution is -0.116. The number of hydrogen-bond donors (Lipinski definition) is 1. The van der Waals surface area contributed by atoms with Gasteiger partial charge in [0.15, 0.2) is 0 Å². The average Bonchev–Trinajstić information content (AvgIpc) is 2.90. The van der Waals surface area contributed by atoms with Crippen LogP contribution in [-0.2, 0) is 18.4 Å². The summed E-state index contributed by atoms with van der Waals surface area (Å²) in [5, 5.41) is 8.38. The van der Waals surface area contributed by atoms with Gasteiger partial charge in [0.25, 0.3) is 0 Å². The first-order chi connectivity index (χ1) is 10.4. The Bertz CT molecular complexity index is 857. The van der Waals surface area contributed by atoms with Gasteiger partial charge in [0, 0.05) is 35.0 Å². The summed E-state index contributed by atoms with van der Waals surface area (Å²) in [6, 6.07) is 10.0. The minimum absolute atomic E-state index is 0.0711. The minimum atomic E-state index is -0.0711. The van der Waals surface area contributed by atoms with Crippen LogP contribution in [0.1, 0.15) is 17.1 Å². The Hall–Kier alpha value is -2.56. The SMILES string of the molecule is Cc1cc(C)n(CC(=O)Nc2ccc3c(c2)cc(C)n3C)n1. The van der Waals surface area contributed by atoms with Crippen molar-refractivity contribution in [3.8, 4) is 0 Å². The molecule has 0 saturated carbocycles. The van der Waals surface area contributed by atoms with Crippen molar-refractivity contribution in [2.24, 2.45) is 7.05 Å². The molecule has 0 unspecified atom stereocenters. The minimum Gasteiger partial charge on any atom is -0.348 e. The lowest BCUT2D eigenvalue weighted by Crippen LogP contribution is -2.20. The first-order valence-electron chi connectivity index (χ1n) is 7.31. The lowest BCUT2D eigenvalue weighted by Gasteiger charge is -2.07. The summed E-state index contributed by atoms with van der Waals surface area (Å²) in [5.74, 6) is -0.0711. The summed E-state index contributed by atoms with van der Waals surface area (Å²) >= 11 is 0. The Morgan fingerprint density at radius 1 is 1.14 bits per heavy atom. The highest BCUT2D eigenvalue weighted by atomic mass is 16.2. The molecule has 2 heterocycles. The van der Waals surface area contributed by atoms with Gasteiger partial charge in [0.1, 0.15) is 6.54 Å². The van der Waals surface area contributed by atoms with Crippen LogP contribution >= 0.6 is 0 Å². The molecule has 2 aromatic heterocycles. The Balaban J connectivity index is 1.77. The van der Waals surface area contributed by atoms with Gasteiger partial charge >= 0.3 is 0 Å². The van der Waals surface area contributed by atoms with Crippen LogP contribution in [0.25, 0.3) is 10.9 Å². The van der Waals surface area contributed by atoms with E-state index in [1.54, 1.807) is 4.68 Å². The van der Waals surface area contributed by atoms with E-state index in [2.05, 4.69) is 28.0 Å². The van der Waals surface area contributed by atoms with Crippen molar-refractivity contribution in [2.45, 2.75) is 27.3 Å². The second-order valence-corrected chi connectivity index (χ2v) is 5.75. The van der Waals surface area contributed by atoms with E-state index in [1.807, 2.05) is 45.2 Å². The fraction of sp³-hybridized carbons (Fsp3) is 0.294. The largest absolute Gasteiger partial charge is 0.348 e. The second kappa shape index (κ2) is 5.33. The first-order valence-corrected chi connectivity index (χ1v) is 7.31. The van der Waals surface area contributed by atoms with Crippen molar-refractivity contribution < 1.29 is 4.79 Å². The maximum absolute atomic E-state index is 12.2. The van der Waals surface area contributed by atoms with E-state index in [0.717, 1.165) is 28.0 Å². The van der Waals surface area contributed by atoms with E-state index in [-0.39, 0.29) is 12.5 Å². The summed E-state index contributed by atoms with van der Waals surface area (Å²) in [4.78, 5) is 12.2. The third-order valence-corrected chi connectivity index (χ3v) is 3.96. The summed E-state index contributed by atoms with van der Waals surface area (Å²) in [7, 11) is 2.04. The zero-order chi connectivity index (χ0) is 15.9. The number of rotatable bonds is 3. The fourth-order valence-corrected chi connectivity index (χ4v) is 2.74. The number of fused-ring (bicyclic) bond motifs is 1. The number of benzene rings is 1. The lowest BCUT2D eigenvalue weighted by atomic mass is 10.2. The van der Waals surface area contributed by atoms with Crippen LogP contribution in [0.5, 0.6) is 0 Å². The Morgan fingerprint density at radius 2 is 1.91 bits per heavy atom. The summed E-state index contributed by atoms with van der Waals surface area (Å²) < 4.78 is 3.85. The standard InChI is InChI=1S/C17H20N4O/c1-11-7-13(3)21(19-11)10-17(22)18-15-5-6-16-14(9-15)8-12(2)20(16)4/h5-9H,10H2,1-4H3,(H,18,22). The van der Waals surface area contributed by atoms with Crippen molar-refractivity contribution in [2.75, 3.05) is 5.32 Å². The number of anilines is 1. The van der Waals surface area contributed by atoms with Crippen molar-refractivity contribution in [3.63, 3.8) is 0 Å². The van der Waals surface area contributed by atoms with E-state index in [4.69, 9.17) is 0 Å². The van der Waals surface area contributed by atoms with E-state index < -0.39 is 0 Å². The Labute approximate surface area is 129 Å². The van der Waals surface area contributed by atoms with Crippen LogP contribution in [0.4, 0.5) is 5.69 Å². The van der Waals surface area contributed by atoms with Crippen molar-refractivity contribution in [1.82, 2.24) is 14.3 Å². The van der Waals surface area contributed by atoms with Crippen LogP contribution in [0, 0.1) is 20.8 Å². The van der Waals surface area contributed by atoms with Gasteiger partial charge in [-0.25, -0.2) is 0 Å². The van der Waals surface area contributed by atoms with E-state index in [1.165, 1.54) is 5.69 Å². The molecule has 3 rings (SSSR count). The predicted octanol–water partition coefficient (Wildman–Crippen LogP) is 2.94. The fourth-order valence-electron chi connectivity index (χ4n) is 2.74. The van der Waals surface area contributed by atoms with Crippen LogP contribution in [0.3, 0.4) is 0 Å². The number of carbonyl (C=O) groups is 1. The molecule has 0 bridgehead atoms. The highest BCUT2D eigenvalue weighted by molar-refractivity contribution is 5.94. The van der Waals surface area contributed by atoms with Crippen LogP contribution < -0.4 is 5.32 Å². The molecule has 0 fully saturated rings. The third kappa shape index (κ3) is 2.62. The molecular weight excluding hydrogens is 276 g/mol. The molecule has 1 aromatic carbocycles. The molecular formula is C17H20N4O. The molecule has 0 saturated heterocycles. The molecule has 22 heavy (non-hydrogen) atoms. The molecule has 1 N–H and O–H groups in total. The highest BCUT2D eigenvalue weighted by Crippen LogP contribution is 2.22. The number of amides is 1. The number of nitrogens with one attached hydrogen (secondary N) is 1. The Kier molecular flexibility index (Phi) is 3.48. The zero-order valence-electron chi connectivity index (χ0n) is 13.3. The van der Waals surface area contributed by atoms with Gasteiger partial charge in [-0.15, -0.1) is 0 Å². The van der Waals surface area contributed by atoms with Gasteiger partial charge in [-0.2, -0.15) is 5.10 Å². The monoisotopic (exact) mass is 296 g/mol. The van der Waals surface area contributed by atoms with Gasteiger partial charge < -0.3 is 9.88 Å². The van der Waals surface area contributed by atoms with Gasteiger partial charge in [0.2, 0.25) is 5.91 Å². The van der Waals surface area contributed by atoms with Crippen molar-refractivity contribution in [3.05, 3.63) is 47.4 Å². The molecule has 0 aliphatic heterocycles. The molecule has 5 nitrogen and oxygen atoms in total. The number of carbonyl (C=O) groups excluding carboxylic acids is 1. The summed E-state index contributed by atoms with van der Waals surface area (Å²) in [6.45, 7) is 6.17. The number of nitrogens with zero attached hydrogens (tertiary/aromatic N) is 3. The first kappa shape index (κ1) is 14.4. The quantitative estimate of drug-likeness (QED) is 0.808. The predicted molar refractivity (Wildman–Crippen MR) is 88.0 cm³/mol. The molecule has 0 aliphatic carbocycles.